The Kier molecular flexibility index (Phi) is 3.33. The Morgan fingerprint density at radius 1 is 1.60 bits per heavy atom. The Balaban J connectivity index is 2.04. The van der Waals surface area contributed by atoms with Crippen LogP contribution in [0.25, 0.3) is 0 Å². The van der Waals surface area contributed by atoms with Gasteiger partial charge < -0.3 is 14.6 Å². The van der Waals surface area contributed by atoms with Gasteiger partial charge in [-0.05, 0) is 13.0 Å². The fraction of sp³-hybridized carbons (Fsp3) is 0.800. The van der Waals surface area contributed by atoms with Crippen molar-refractivity contribution in [2.75, 3.05) is 19.8 Å². The summed E-state index contributed by atoms with van der Waals surface area (Å²) >= 11 is 0. The number of hydrogen-bond donors (Lipinski definition) is 1. The first kappa shape index (κ1) is 10.6. The minimum atomic E-state index is 0.337. The van der Waals surface area contributed by atoms with Crippen LogP contribution in [-0.2, 0) is 11.8 Å². The predicted octanol–water partition coefficient (Wildman–Crippen LogP) is 0.297. The van der Waals surface area contributed by atoms with Crippen LogP contribution in [0.1, 0.15) is 25.1 Å². The molecule has 5 heteroatoms. The average molecular weight is 210 g/mol. The minimum Gasteiger partial charge on any atom is -0.379 e. The number of nitrogens with zero attached hydrogens (tertiary/aromatic N) is 3. The summed E-state index contributed by atoms with van der Waals surface area (Å²) in [5.74, 6) is 1.35. The van der Waals surface area contributed by atoms with Gasteiger partial charge in [-0.2, -0.15) is 0 Å². The molecule has 1 aliphatic rings. The maximum absolute atomic E-state index is 5.50. The first-order valence-corrected chi connectivity index (χ1v) is 5.48. The van der Waals surface area contributed by atoms with Crippen LogP contribution in [0, 0.1) is 0 Å². The van der Waals surface area contributed by atoms with Crippen LogP contribution >= 0.6 is 0 Å². The van der Waals surface area contributed by atoms with Gasteiger partial charge in [0.1, 0.15) is 12.2 Å². The van der Waals surface area contributed by atoms with Gasteiger partial charge in [0.2, 0.25) is 0 Å². The van der Waals surface area contributed by atoms with Gasteiger partial charge in [0, 0.05) is 13.1 Å². The van der Waals surface area contributed by atoms with E-state index in [0.29, 0.717) is 12.0 Å². The van der Waals surface area contributed by atoms with E-state index < -0.39 is 0 Å². The summed E-state index contributed by atoms with van der Waals surface area (Å²) in [6.45, 7) is 4.72. The summed E-state index contributed by atoms with van der Waals surface area (Å²) in [6, 6.07) is 0.382. The Hall–Kier alpha value is -0.940. The molecule has 15 heavy (non-hydrogen) atoms. The monoisotopic (exact) mass is 210 g/mol. The van der Waals surface area contributed by atoms with Crippen molar-refractivity contribution in [3.05, 3.63) is 12.2 Å². The van der Waals surface area contributed by atoms with Gasteiger partial charge in [0.25, 0.3) is 0 Å². The molecule has 0 bridgehead atoms. The van der Waals surface area contributed by atoms with Crippen molar-refractivity contribution in [2.24, 2.45) is 7.05 Å². The molecule has 2 atom stereocenters. The number of nitrogens with one attached hydrogen (secondary N) is 1. The fourth-order valence-corrected chi connectivity index (χ4v) is 1.97. The van der Waals surface area contributed by atoms with Crippen LogP contribution in [0.5, 0.6) is 0 Å². The highest BCUT2D eigenvalue weighted by atomic mass is 16.5. The molecule has 1 fully saturated rings. The Bertz CT molecular complexity index is 312. The number of rotatable bonds is 4. The largest absolute Gasteiger partial charge is 0.379 e. The maximum Gasteiger partial charge on any atom is 0.139 e. The van der Waals surface area contributed by atoms with Gasteiger partial charge in [-0.1, -0.05) is 6.92 Å². The van der Waals surface area contributed by atoms with E-state index in [1.165, 1.54) is 0 Å². The molecule has 1 aromatic heterocycles. The third-order valence-electron chi connectivity index (χ3n) is 2.82. The molecule has 1 aromatic rings. The zero-order valence-corrected chi connectivity index (χ0v) is 9.31. The first-order chi connectivity index (χ1) is 7.33. The van der Waals surface area contributed by atoms with Crippen LogP contribution in [0.4, 0.5) is 0 Å². The summed E-state index contributed by atoms with van der Waals surface area (Å²) in [7, 11) is 1.98. The molecule has 1 aliphatic heterocycles. The Morgan fingerprint density at radius 3 is 3.13 bits per heavy atom. The maximum atomic E-state index is 5.50. The molecule has 1 N–H and O–H groups in total. The molecule has 0 aliphatic carbocycles. The molecule has 0 radical (unpaired) electrons. The standard InChI is InChI=1S/C10H18N4O/c1-3-4-11-9-6-15-5-8(9)10-13-12-7-14(10)2/h7-9,11H,3-6H2,1-2H3. The lowest BCUT2D eigenvalue weighted by Crippen LogP contribution is -2.35. The van der Waals surface area contributed by atoms with Crippen molar-refractivity contribution in [3.63, 3.8) is 0 Å². The van der Waals surface area contributed by atoms with Gasteiger partial charge in [-0.15, -0.1) is 10.2 Å². The minimum absolute atomic E-state index is 0.337. The molecule has 0 saturated carbocycles. The third kappa shape index (κ3) is 2.18. The van der Waals surface area contributed by atoms with Crippen LogP contribution in [0.3, 0.4) is 0 Å². The third-order valence-corrected chi connectivity index (χ3v) is 2.82. The summed E-state index contributed by atoms with van der Waals surface area (Å²) < 4.78 is 7.47. The van der Waals surface area contributed by atoms with Crippen LogP contribution in [0.2, 0.25) is 0 Å². The lowest BCUT2D eigenvalue weighted by atomic mass is 10.0. The van der Waals surface area contributed by atoms with E-state index in [9.17, 15) is 0 Å². The zero-order chi connectivity index (χ0) is 10.7. The first-order valence-electron chi connectivity index (χ1n) is 5.48. The van der Waals surface area contributed by atoms with Crippen LogP contribution in [0.15, 0.2) is 6.33 Å². The van der Waals surface area contributed by atoms with Crippen molar-refractivity contribution < 1.29 is 4.74 Å². The molecule has 5 nitrogen and oxygen atoms in total. The molecule has 2 rings (SSSR count). The van der Waals surface area contributed by atoms with Crippen molar-refractivity contribution in [1.82, 2.24) is 20.1 Å². The summed E-state index contributed by atoms with van der Waals surface area (Å²) in [4.78, 5) is 0. The number of aryl methyl sites for hydroxylation is 1. The number of hydrogen-bond acceptors (Lipinski definition) is 4. The van der Waals surface area contributed by atoms with Gasteiger partial charge >= 0.3 is 0 Å². The van der Waals surface area contributed by atoms with E-state index in [0.717, 1.165) is 32.0 Å². The van der Waals surface area contributed by atoms with E-state index in [2.05, 4.69) is 22.4 Å². The molecule has 0 amide bonds. The smallest absolute Gasteiger partial charge is 0.139 e. The van der Waals surface area contributed by atoms with Gasteiger partial charge in [-0.25, -0.2) is 0 Å². The number of ether oxygens (including phenoxy) is 1. The van der Waals surface area contributed by atoms with Crippen LogP contribution < -0.4 is 5.32 Å². The highest BCUT2D eigenvalue weighted by Crippen LogP contribution is 2.23. The molecule has 1 saturated heterocycles. The van der Waals surface area contributed by atoms with E-state index in [1.54, 1.807) is 6.33 Å². The SMILES string of the molecule is CCCNC1COCC1c1nncn1C. The second kappa shape index (κ2) is 4.72. The van der Waals surface area contributed by atoms with Gasteiger partial charge in [-0.3, -0.25) is 0 Å². The molecule has 0 spiro atoms. The second-order valence-corrected chi connectivity index (χ2v) is 4.00. The molecule has 84 valence electrons. The highest BCUT2D eigenvalue weighted by molar-refractivity contribution is 5.04. The van der Waals surface area contributed by atoms with Gasteiger partial charge in [0.15, 0.2) is 0 Å². The molecular weight excluding hydrogens is 192 g/mol. The highest BCUT2D eigenvalue weighted by Gasteiger charge is 2.32. The van der Waals surface area contributed by atoms with Crippen LogP contribution in [-0.4, -0.2) is 40.6 Å². The van der Waals surface area contributed by atoms with E-state index >= 15 is 0 Å². The van der Waals surface area contributed by atoms with E-state index in [-0.39, 0.29) is 0 Å². The normalized spacial score (nSPS) is 26.0. The lowest BCUT2D eigenvalue weighted by Gasteiger charge is -2.17. The van der Waals surface area contributed by atoms with E-state index in [1.807, 2.05) is 11.6 Å². The van der Waals surface area contributed by atoms with Gasteiger partial charge in [0.05, 0.1) is 19.1 Å². The van der Waals surface area contributed by atoms with Crippen molar-refractivity contribution in [3.8, 4) is 0 Å². The van der Waals surface area contributed by atoms with Crippen molar-refractivity contribution in [1.29, 1.82) is 0 Å². The zero-order valence-electron chi connectivity index (χ0n) is 9.31. The fourth-order valence-electron chi connectivity index (χ4n) is 1.97. The predicted molar refractivity (Wildman–Crippen MR) is 56.6 cm³/mol. The molecule has 2 unspecified atom stereocenters. The number of aromatic nitrogens is 3. The summed E-state index contributed by atoms with van der Waals surface area (Å²) in [5.41, 5.74) is 0. The topological polar surface area (TPSA) is 52.0 Å². The van der Waals surface area contributed by atoms with Crippen molar-refractivity contribution >= 4 is 0 Å². The van der Waals surface area contributed by atoms with E-state index in [4.69, 9.17) is 4.74 Å². The Morgan fingerprint density at radius 2 is 2.47 bits per heavy atom. The molecule has 2 heterocycles. The second-order valence-electron chi connectivity index (χ2n) is 4.00. The molecule has 0 aromatic carbocycles. The lowest BCUT2D eigenvalue weighted by molar-refractivity contribution is 0.187. The Labute approximate surface area is 89.8 Å². The summed E-state index contributed by atoms with van der Waals surface area (Å²) in [5, 5.41) is 11.6. The quantitative estimate of drug-likeness (QED) is 0.776. The van der Waals surface area contributed by atoms with Crippen molar-refractivity contribution in [2.45, 2.75) is 25.3 Å². The summed E-state index contributed by atoms with van der Waals surface area (Å²) in [6.07, 6.45) is 2.88. The molecular formula is C10H18N4O. The average Bonchev–Trinajstić information content (AvgIpc) is 2.82.